The Labute approximate surface area is 154 Å². The Hall–Kier alpha value is -2.54. The fourth-order valence-corrected chi connectivity index (χ4v) is 3.81. The summed E-state index contributed by atoms with van der Waals surface area (Å²) in [7, 11) is -2.54. The molecular formula is C19H23NO5S. The van der Waals surface area contributed by atoms with E-state index in [1.165, 1.54) is 19.2 Å². The molecule has 0 atom stereocenters. The van der Waals surface area contributed by atoms with Crippen LogP contribution >= 0.6 is 0 Å². The average molecular weight is 377 g/mol. The maximum Gasteiger partial charge on any atom is 0.327 e. The lowest BCUT2D eigenvalue weighted by Crippen LogP contribution is -2.37. The second-order valence-electron chi connectivity index (χ2n) is 6.04. The number of nitrogens with zero attached hydrogens (tertiary/aromatic N) is 1. The van der Waals surface area contributed by atoms with Gasteiger partial charge in [0.2, 0.25) is 0 Å². The molecule has 0 saturated heterocycles. The van der Waals surface area contributed by atoms with E-state index in [0.29, 0.717) is 5.75 Å². The van der Waals surface area contributed by atoms with Gasteiger partial charge in [-0.1, -0.05) is 29.8 Å². The number of sulfonamides is 1. The molecule has 0 fully saturated rings. The number of para-hydroxylation sites is 2. The van der Waals surface area contributed by atoms with Crippen LogP contribution in [0.3, 0.4) is 0 Å². The first-order chi connectivity index (χ1) is 12.3. The molecule has 0 bridgehead atoms. The van der Waals surface area contributed by atoms with Gasteiger partial charge >= 0.3 is 5.97 Å². The van der Waals surface area contributed by atoms with E-state index in [2.05, 4.69) is 0 Å². The topological polar surface area (TPSA) is 72.9 Å². The molecular weight excluding hydrogens is 354 g/mol. The van der Waals surface area contributed by atoms with Crippen LogP contribution in [0.2, 0.25) is 0 Å². The molecule has 0 unspecified atom stereocenters. The van der Waals surface area contributed by atoms with Crippen LogP contribution in [0.1, 0.15) is 19.4 Å². The summed E-state index contributed by atoms with van der Waals surface area (Å²) in [6.07, 6.45) is -0.343. The minimum atomic E-state index is -3.98. The Morgan fingerprint density at radius 2 is 1.69 bits per heavy atom. The summed E-state index contributed by atoms with van der Waals surface area (Å²) in [5.74, 6) is -0.290. The van der Waals surface area contributed by atoms with Crippen LogP contribution < -0.4 is 9.04 Å². The zero-order valence-electron chi connectivity index (χ0n) is 15.3. The van der Waals surface area contributed by atoms with Gasteiger partial charge in [-0.25, -0.2) is 8.42 Å². The Kier molecular flexibility index (Phi) is 6.26. The quantitative estimate of drug-likeness (QED) is 0.693. The highest BCUT2D eigenvalue weighted by molar-refractivity contribution is 7.92. The van der Waals surface area contributed by atoms with E-state index < -0.39 is 22.5 Å². The van der Waals surface area contributed by atoms with Crippen molar-refractivity contribution >= 4 is 21.7 Å². The Morgan fingerprint density at radius 3 is 2.27 bits per heavy atom. The molecule has 0 radical (unpaired) electrons. The predicted octanol–water partition coefficient (Wildman–Crippen LogP) is 3.15. The van der Waals surface area contributed by atoms with Gasteiger partial charge in [0, 0.05) is 0 Å². The SMILES string of the molecule is COc1ccccc1N(CC(=O)OC(C)C)S(=O)(=O)c1ccc(C)cc1. The number of carbonyl (C=O) groups is 1. The molecule has 2 aromatic carbocycles. The largest absolute Gasteiger partial charge is 0.495 e. The van der Waals surface area contributed by atoms with E-state index in [4.69, 9.17) is 9.47 Å². The van der Waals surface area contributed by atoms with Gasteiger partial charge in [0.05, 0.1) is 23.8 Å². The van der Waals surface area contributed by atoms with Crippen molar-refractivity contribution in [1.29, 1.82) is 0 Å². The van der Waals surface area contributed by atoms with Crippen molar-refractivity contribution in [2.45, 2.75) is 31.8 Å². The minimum Gasteiger partial charge on any atom is -0.495 e. The third-order valence-corrected chi connectivity index (χ3v) is 5.38. The lowest BCUT2D eigenvalue weighted by molar-refractivity contribution is -0.145. The normalized spacial score (nSPS) is 11.3. The van der Waals surface area contributed by atoms with Gasteiger partial charge in [0.1, 0.15) is 12.3 Å². The van der Waals surface area contributed by atoms with Gasteiger partial charge < -0.3 is 9.47 Å². The molecule has 0 aliphatic heterocycles. The van der Waals surface area contributed by atoms with Gasteiger partial charge in [-0.3, -0.25) is 9.10 Å². The zero-order valence-corrected chi connectivity index (χ0v) is 16.1. The first kappa shape index (κ1) is 19.8. The third-order valence-electron chi connectivity index (χ3n) is 3.60. The van der Waals surface area contributed by atoms with Crippen molar-refractivity contribution in [1.82, 2.24) is 0 Å². The van der Waals surface area contributed by atoms with Crippen LogP contribution in [0.25, 0.3) is 0 Å². The van der Waals surface area contributed by atoms with Gasteiger partial charge in [0.15, 0.2) is 0 Å². The smallest absolute Gasteiger partial charge is 0.327 e. The Morgan fingerprint density at radius 1 is 1.08 bits per heavy atom. The number of esters is 1. The molecule has 0 N–H and O–H groups in total. The highest BCUT2D eigenvalue weighted by atomic mass is 32.2. The van der Waals surface area contributed by atoms with Crippen molar-refractivity contribution in [2.75, 3.05) is 18.0 Å². The minimum absolute atomic E-state index is 0.0892. The number of carbonyl (C=O) groups excluding carboxylic acids is 1. The Bertz CT molecular complexity index is 860. The van der Waals surface area contributed by atoms with E-state index >= 15 is 0 Å². The molecule has 140 valence electrons. The van der Waals surface area contributed by atoms with Crippen molar-refractivity contribution in [3.63, 3.8) is 0 Å². The number of methoxy groups -OCH3 is 1. The molecule has 0 heterocycles. The lowest BCUT2D eigenvalue weighted by atomic mass is 10.2. The van der Waals surface area contributed by atoms with Gasteiger partial charge in [0.25, 0.3) is 10.0 Å². The summed E-state index contributed by atoms with van der Waals surface area (Å²) in [5, 5.41) is 0. The highest BCUT2D eigenvalue weighted by Gasteiger charge is 2.30. The highest BCUT2D eigenvalue weighted by Crippen LogP contribution is 2.32. The van der Waals surface area contributed by atoms with Crippen LogP contribution in [-0.4, -0.2) is 34.1 Å². The fraction of sp³-hybridized carbons (Fsp3) is 0.316. The zero-order chi connectivity index (χ0) is 19.3. The molecule has 0 amide bonds. The summed E-state index contributed by atoms with van der Waals surface area (Å²) in [5.41, 5.74) is 1.21. The molecule has 2 rings (SSSR count). The van der Waals surface area contributed by atoms with Crippen LogP contribution in [0.15, 0.2) is 53.4 Å². The van der Waals surface area contributed by atoms with Gasteiger partial charge in [-0.05, 0) is 45.0 Å². The van der Waals surface area contributed by atoms with Crippen LogP contribution in [-0.2, 0) is 19.6 Å². The summed E-state index contributed by atoms with van der Waals surface area (Å²) >= 11 is 0. The molecule has 26 heavy (non-hydrogen) atoms. The second-order valence-corrected chi connectivity index (χ2v) is 7.90. The fourth-order valence-electron chi connectivity index (χ4n) is 2.39. The molecule has 0 aliphatic rings. The monoisotopic (exact) mass is 377 g/mol. The van der Waals surface area contributed by atoms with E-state index in [9.17, 15) is 13.2 Å². The number of aryl methyl sites for hydroxylation is 1. The number of rotatable bonds is 7. The summed E-state index contributed by atoms with van der Waals surface area (Å²) in [4.78, 5) is 12.3. The summed E-state index contributed by atoms with van der Waals surface area (Å²) in [6.45, 7) is 4.84. The van der Waals surface area contributed by atoms with Crippen LogP contribution in [0.5, 0.6) is 5.75 Å². The molecule has 2 aromatic rings. The summed E-state index contributed by atoms with van der Waals surface area (Å²) in [6, 6.07) is 13.1. The maximum atomic E-state index is 13.2. The number of hydrogen-bond acceptors (Lipinski definition) is 5. The molecule has 7 heteroatoms. The molecule has 0 spiro atoms. The van der Waals surface area contributed by atoms with Crippen molar-refractivity contribution < 1.29 is 22.7 Å². The molecule has 0 aromatic heterocycles. The van der Waals surface area contributed by atoms with Gasteiger partial charge in [-0.2, -0.15) is 0 Å². The van der Waals surface area contributed by atoms with E-state index in [1.54, 1.807) is 50.2 Å². The first-order valence-electron chi connectivity index (χ1n) is 8.17. The van der Waals surface area contributed by atoms with Gasteiger partial charge in [-0.15, -0.1) is 0 Å². The number of ether oxygens (including phenoxy) is 2. The standard InChI is InChI=1S/C19H23NO5S/c1-14(2)25-19(21)13-20(17-7-5-6-8-18(17)24-4)26(22,23)16-11-9-15(3)10-12-16/h5-12,14H,13H2,1-4H3. The van der Waals surface area contributed by atoms with Crippen molar-refractivity contribution in [3.8, 4) is 5.75 Å². The second kappa shape index (κ2) is 8.23. The molecule has 0 aliphatic carbocycles. The van der Waals surface area contributed by atoms with Crippen LogP contribution in [0, 0.1) is 6.92 Å². The van der Waals surface area contributed by atoms with Crippen LogP contribution in [0.4, 0.5) is 5.69 Å². The van der Waals surface area contributed by atoms with E-state index in [0.717, 1.165) is 9.87 Å². The first-order valence-corrected chi connectivity index (χ1v) is 9.61. The number of hydrogen-bond donors (Lipinski definition) is 0. The van der Waals surface area contributed by atoms with Crippen molar-refractivity contribution in [3.05, 3.63) is 54.1 Å². The van der Waals surface area contributed by atoms with Crippen molar-refractivity contribution in [2.24, 2.45) is 0 Å². The van der Waals surface area contributed by atoms with E-state index in [-0.39, 0.29) is 16.7 Å². The maximum absolute atomic E-state index is 13.2. The molecule has 6 nitrogen and oxygen atoms in total. The number of anilines is 1. The summed E-state index contributed by atoms with van der Waals surface area (Å²) < 4.78 is 37.8. The number of benzene rings is 2. The lowest BCUT2D eigenvalue weighted by Gasteiger charge is -2.25. The predicted molar refractivity (Wildman–Crippen MR) is 99.9 cm³/mol. The third kappa shape index (κ3) is 4.54. The Balaban J connectivity index is 2.52. The van der Waals surface area contributed by atoms with E-state index in [1.807, 2.05) is 6.92 Å². The average Bonchev–Trinajstić information content (AvgIpc) is 2.59. The molecule has 0 saturated carbocycles.